The third kappa shape index (κ3) is 2.13. The van der Waals surface area contributed by atoms with Crippen molar-refractivity contribution in [2.45, 2.75) is 6.92 Å². The standard InChI is InChI=1S/C13H13FN2OS/c1-3-16-12(17)11(15(2)13(16)18)8-9-4-6-10(14)7-5-9/h4-8H,3H2,1-2H3. The number of halogens is 1. The summed E-state index contributed by atoms with van der Waals surface area (Å²) in [5.41, 5.74) is 1.28. The van der Waals surface area contributed by atoms with E-state index in [0.29, 0.717) is 17.4 Å². The molecule has 0 aromatic heterocycles. The van der Waals surface area contributed by atoms with E-state index in [-0.39, 0.29) is 11.7 Å². The van der Waals surface area contributed by atoms with Crippen molar-refractivity contribution < 1.29 is 9.18 Å². The SMILES string of the molecule is CCN1C(=O)C(=Cc2ccc(F)cc2)N(C)C1=S. The summed E-state index contributed by atoms with van der Waals surface area (Å²) in [4.78, 5) is 15.3. The molecule has 1 fully saturated rings. The smallest absolute Gasteiger partial charge is 0.276 e. The lowest BCUT2D eigenvalue weighted by Crippen LogP contribution is -2.30. The largest absolute Gasteiger partial charge is 0.317 e. The molecule has 0 saturated carbocycles. The topological polar surface area (TPSA) is 23.6 Å². The van der Waals surface area contributed by atoms with Crippen LogP contribution in [0.25, 0.3) is 6.08 Å². The van der Waals surface area contributed by atoms with Crippen molar-refractivity contribution in [3.63, 3.8) is 0 Å². The Hall–Kier alpha value is -1.75. The fourth-order valence-corrected chi connectivity index (χ4v) is 2.12. The highest BCUT2D eigenvalue weighted by Crippen LogP contribution is 2.21. The van der Waals surface area contributed by atoms with Gasteiger partial charge in [-0.3, -0.25) is 9.69 Å². The second kappa shape index (κ2) is 4.86. The van der Waals surface area contributed by atoms with Gasteiger partial charge in [0, 0.05) is 13.6 Å². The molecule has 1 heterocycles. The van der Waals surface area contributed by atoms with Gasteiger partial charge in [0.25, 0.3) is 5.91 Å². The first kappa shape index (κ1) is 12.7. The van der Waals surface area contributed by atoms with Crippen LogP contribution in [0.4, 0.5) is 4.39 Å². The third-order valence-electron chi connectivity index (χ3n) is 2.83. The number of hydrogen-bond donors (Lipinski definition) is 0. The first-order chi connectivity index (χ1) is 8.54. The van der Waals surface area contributed by atoms with E-state index in [2.05, 4.69) is 0 Å². The van der Waals surface area contributed by atoms with Crippen molar-refractivity contribution in [1.29, 1.82) is 0 Å². The van der Waals surface area contributed by atoms with Gasteiger partial charge in [-0.15, -0.1) is 0 Å². The maximum atomic E-state index is 12.8. The Morgan fingerprint density at radius 2 is 1.94 bits per heavy atom. The van der Waals surface area contributed by atoms with Gasteiger partial charge >= 0.3 is 0 Å². The molecule has 0 radical (unpaired) electrons. The first-order valence-corrected chi connectivity index (χ1v) is 6.02. The lowest BCUT2D eigenvalue weighted by atomic mass is 10.2. The zero-order chi connectivity index (χ0) is 13.3. The minimum atomic E-state index is -0.297. The normalized spacial score (nSPS) is 18.1. The number of likely N-dealkylation sites (N-methyl/N-ethyl adjacent to an activating group) is 2. The van der Waals surface area contributed by atoms with Crippen LogP contribution in [0.2, 0.25) is 0 Å². The number of benzene rings is 1. The number of carbonyl (C=O) groups excluding carboxylic acids is 1. The number of carbonyl (C=O) groups is 1. The van der Waals surface area contributed by atoms with Crippen LogP contribution in [0, 0.1) is 5.82 Å². The average Bonchev–Trinajstić information content (AvgIpc) is 2.56. The van der Waals surface area contributed by atoms with E-state index in [1.54, 1.807) is 30.2 Å². The van der Waals surface area contributed by atoms with E-state index >= 15 is 0 Å². The van der Waals surface area contributed by atoms with E-state index in [1.807, 2.05) is 6.92 Å². The van der Waals surface area contributed by atoms with Gasteiger partial charge in [-0.2, -0.15) is 0 Å². The van der Waals surface area contributed by atoms with E-state index < -0.39 is 0 Å². The molecule has 0 unspecified atom stereocenters. The zero-order valence-corrected chi connectivity index (χ0v) is 11.0. The molecule has 0 spiro atoms. The molecule has 0 aliphatic carbocycles. The number of hydrogen-bond acceptors (Lipinski definition) is 2. The molecule has 1 amide bonds. The Labute approximate surface area is 110 Å². The second-order valence-corrected chi connectivity index (χ2v) is 4.34. The molecule has 1 aliphatic heterocycles. The zero-order valence-electron chi connectivity index (χ0n) is 10.2. The molecular weight excluding hydrogens is 251 g/mol. The summed E-state index contributed by atoms with van der Waals surface area (Å²) < 4.78 is 12.8. The van der Waals surface area contributed by atoms with Crippen LogP contribution in [-0.4, -0.2) is 34.4 Å². The van der Waals surface area contributed by atoms with Crippen molar-refractivity contribution in [2.75, 3.05) is 13.6 Å². The summed E-state index contributed by atoms with van der Waals surface area (Å²) in [7, 11) is 1.76. The van der Waals surface area contributed by atoms with Gasteiger partial charge in [-0.25, -0.2) is 4.39 Å². The lowest BCUT2D eigenvalue weighted by molar-refractivity contribution is -0.122. The Morgan fingerprint density at radius 3 is 2.44 bits per heavy atom. The van der Waals surface area contributed by atoms with Crippen LogP contribution in [0.15, 0.2) is 30.0 Å². The number of thiocarbonyl (C=S) groups is 1. The molecule has 0 N–H and O–H groups in total. The highest BCUT2D eigenvalue weighted by atomic mass is 32.1. The molecule has 1 saturated heterocycles. The molecule has 0 atom stereocenters. The summed E-state index contributed by atoms with van der Waals surface area (Å²) in [6, 6.07) is 5.98. The molecule has 1 aromatic rings. The Morgan fingerprint density at radius 1 is 1.33 bits per heavy atom. The highest BCUT2D eigenvalue weighted by Gasteiger charge is 2.34. The number of amides is 1. The fourth-order valence-electron chi connectivity index (χ4n) is 1.81. The van der Waals surface area contributed by atoms with E-state index in [0.717, 1.165) is 5.56 Å². The van der Waals surface area contributed by atoms with E-state index in [9.17, 15) is 9.18 Å². The summed E-state index contributed by atoms with van der Waals surface area (Å²) >= 11 is 5.18. The van der Waals surface area contributed by atoms with Gasteiger partial charge in [0.2, 0.25) is 0 Å². The molecule has 5 heteroatoms. The van der Waals surface area contributed by atoms with Gasteiger partial charge in [0.1, 0.15) is 11.5 Å². The summed E-state index contributed by atoms with van der Waals surface area (Å²) in [5, 5.41) is 0.496. The van der Waals surface area contributed by atoms with Crippen molar-refractivity contribution in [1.82, 2.24) is 9.80 Å². The predicted molar refractivity (Wildman–Crippen MR) is 72.1 cm³/mol. The summed E-state index contributed by atoms with van der Waals surface area (Å²) in [6.45, 7) is 2.42. The molecule has 94 valence electrons. The van der Waals surface area contributed by atoms with Crippen molar-refractivity contribution in [3.05, 3.63) is 41.3 Å². The lowest BCUT2D eigenvalue weighted by Gasteiger charge is -2.13. The Kier molecular flexibility index (Phi) is 3.43. The van der Waals surface area contributed by atoms with Crippen LogP contribution in [0.1, 0.15) is 12.5 Å². The van der Waals surface area contributed by atoms with Crippen molar-refractivity contribution in [3.8, 4) is 0 Å². The molecule has 1 aliphatic rings. The number of nitrogens with zero attached hydrogens (tertiary/aromatic N) is 2. The average molecular weight is 264 g/mol. The summed E-state index contributed by atoms with van der Waals surface area (Å²) in [6.07, 6.45) is 1.71. The molecule has 1 aromatic carbocycles. The second-order valence-electron chi connectivity index (χ2n) is 3.97. The van der Waals surface area contributed by atoms with Gasteiger partial charge in [0.05, 0.1) is 0 Å². The van der Waals surface area contributed by atoms with Crippen molar-refractivity contribution in [2.24, 2.45) is 0 Å². The van der Waals surface area contributed by atoms with Crippen LogP contribution in [-0.2, 0) is 4.79 Å². The van der Waals surface area contributed by atoms with Crippen molar-refractivity contribution >= 4 is 29.3 Å². The van der Waals surface area contributed by atoms with Gasteiger partial charge in [0.15, 0.2) is 5.11 Å². The highest BCUT2D eigenvalue weighted by molar-refractivity contribution is 7.80. The van der Waals surface area contributed by atoms with Crippen LogP contribution >= 0.6 is 12.2 Å². The molecule has 2 rings (SSSR count). The molecule has 3 nitrogen and oxygen atoms in total. The summed E-state index contributed by atoms with van der Waals surface area (Å²) in [5.74, 6) is -0.414. The van der Waals surface area contributed by atoms with Gasteiger partial charge in [-0.05, 0) is 42.9 Å². The quantitative estimate of drug-likeness (QED) is 0.604. The minimum Gasteiger partial charge on any atom is -0.317 e. The van der Waals surface area contributed by atoms with Gasteiger partial charge in [-0.1, -0.05) is 12.1 Å². The fraction of sp³-hybridized carbons (Fsp3) is 0.231. The molecular formula is C13H13FN2OS. The first-order valence-electron chi connectivity index (χ1n) is 5.61. The molecule has 0 bridgehead atoms. The van der Waals surface area contributed by atoms with Crippen LogP contribution in [0.5, 0.6) is 0 Å². The minimum absolute atomic E-state index is 0.116. The van der Waals surface area contributed by atoms with Crippen LogP contribution in [0.3, 0.4) is 0 Å². The van der Waals surface area contributed by atoms with Crippen LogP contribution < -0.4 is 0 Å². The Balaban J connectivity index is 2.36. The van der Waals surface area contributed by atoms with E-state index in [1.165, 1.54) is 17.0 Å². The number of rotatable bonds is 2. The maximum absolute atomic E-state index is 12.8. The monoisotopic (exact) mass is 264 g/mol. The maximum Gasteiger partial charge on any atom is 0.276 e. The Bertz CT molecular complexity index is 524. The molecule has 18 heavy (non-hydrogen) atoms. The van der Waals surface area contributed by atoms with E-state index in [4.69, 9.17) is 12.2 Å². The predicted octanol–water partition coefficient (Wildman–Crippen LogP) is 2.25. The van der Waals surface area contributed by atoms with Gasteiger partial charge < -0.3 is 4.90 Å². The third-order valence-corrected chi connectivity index (χ3v) is 3.33.